The molecule has 1 heterocycles. The number of amidine groups is 1. The lowest BCUT2D eigenvalue weighted by Crippen LogP contribution is -2.19. The number of nitrogens with one attached hydrogen (secondary N) is 1. The van der Waals surface area contributed by atoms with Gasteiger partial charge in [-0.15, -0.1) is 0 Å². The Kier molecular flexibility index (Phi) is 5.69. The molecule has 0 radical (unpaired) electrons. The number of carbonyl (C=O) groups excluding carboxylic acids is 1. The van der Waals surface area contributed by atoms with Gasteiger partial charge in [0, 0.05) is 0 Å². The maximum atomic E-state index is 12.3. The van der Waals surface area contributed by atoms with Gasteiger partial charge in [-0.25, -0.2) is 4.99 Å². The molecule has 1 N–H and O–H groups in total. The molecule has 3 aromatic rings. The standard InChI is InChI=1S/C22H16N2O4S2/c25-21-20(29-22(24-21)23-17-7-3-1-4-8-17)15-16-11-13-18(14-12-16)28-30(26,27)19-9-5-2-6-10-19/h1-15H,(H,23,24,25)/b20-15-. The number of para-hydroxylation sites is 1. The van der Waals surface area contributed by atoms with Gasteiger partial charge in [0.15, 0.2) is 5.17 Å². The van der Waals surface area contributed by atoms with Crippen molar-refractivity contribution in [2.75, 3.05) is 0 Å². The lowest BCUT2D eigenvalue weighted by Gasteiger charge is -2.07. The zero-order valence-electron chi connectivity index (χ0n) is 15.6. The Balaban J connectivity index is 1.47. The van der Waals surface area contributed by atoms with E-state index in [1.165, 1.54) is 23.9 Å². The van der Waals surface area contributed by atoms with Crippen molar-refractivity contribution in [1.82, 2.24) is 5.32 Å². The highest BCUT2D eigenvalue weighted by Gasteiger charge is 2.23. The van der Waals surface area contributed by atoms with Crippen molar-refractivity contribution in [3.63, 3.8) is 0 Å². The van der Waals surface area contributed by atoms with Crippen LogP contribution in [0.15, 0.2) is 99.7 Å². The minimum atomic E-state index is -3.89. The molecule has 8 heteroatoms. The number of carbonyl (C=O) groups is 1. The van der Waals surface area contributed by atoms with E-state index < -0.39 is 10.1 Å². The first-order chi connectivity index (χ1) is 14.5. The van der Waals surface area contributed by atoms with Crippen LogP contribution in [0.1, 0.15) is 5.56 Å². The van der Waals surface area contributed by atoms with Crippen molar-refractivity contribution in [3.05, 3.63) is 95.4 Å². The highest BCUT2D eigenvalue weighted by molar-refractivity contribution is 8.18. The lowest BCUT2D eigenvalue weighted by molar-refractivity contribution is -0.115. The lowest BCUT2D eigenvalue weighted by atomic mass is 10.2. The molecule has 150 valence electrons. The van der Waals surface area contributed by atoms with E-state index >= 15 is 0 Å². The minimum absolute atomic E-state index is 0.0838. The Morgan fingerprint density at radius 1 is 0.867 bits per heavy atom. The summed E-state index contributed by atoms with van der Waals surface area (Å²) in [5.74, 6) is -0.0440. The summed E-state index contributed by atoms with van der Waals surface area (Å²) < 4.78 is 29.7. The third-order valence-electron chi connectivity index (χ3n) is 4.05. The van der Waals surface area contributed by atoms with E-state index in [0.29, 0.717) is 10.1 Å². The van der Waals surface area contributed by atoms with Crippen molar-refractivity contribution in [1.29, 1.82) is 0 Å². The average Bonchev–Trinajstić information content (AvgIpc) is 3.09. The van der Waals surface area contributed by atoms with E-state index in [-0.39, 0.29) is 16.6 Å². The quantitative estimate of drug-likeness (QED) is 0.475. The van der Waals surface area contributed by atoms with Gasteiger partial charge < -0.3 is 9.50 Å². The average molecular weight is 437 g/mol. The molecule has 4 rings (SSSR count). The highest BCUT2D eigenvalue weighted by Crippen LogP contribution is 2.28. The monoisotopic (exact) mass is 436 g/mol. The topological polar surface area (TPSA) is 84.8 Å². The zero-order chi connectivity index (χ0) is 21.0. The summed E-state index contributed by atoms with van der Waals surface area (Å²) in [6.07, 6.45) is 1.71. The molecule has 0 saturated carbocycles. The molecule has 3 aromatic carbocycles. The Morgan fingerprint density at radius 2 is 1.50 bits per heavy atom. The van der Waals surface area contributed by atoms with Crippen LogP contribution in [0.3, 0.4) is 0 Å². The first kappa shape index (κ1) is 19.9. The fourth-order valence-corrected chi connectivity index (χ4v) is 4.43. The maximum Gasteiger partial charge on any atom is 0.339 e. The summed E-state index contributed by atoms with van der Waals surface area (Å²) >= 11 is 1.24. The number of thioether (sulfide) groups is 1. The summed E-state index contributed by atoms with van der Waals surface area (Å²) in [6, 6.07) is 23.7. The van der Waals surface area contributed by atoms with Gasteiger partial charge in [-0.2, -0.15) is 8.42 Å². The predicted octanol–water partition coefficient (Wildman–Crippen LogP) is 4.35. The second-order valence-corrected chi connectivity index (χ2v) is 8.81. The molecule has 0 spiro atoms. The molecule has 6 nitrogen and oxygen atoms in total. The van der Waals surface area contributed by atoms with Crippen LogP contribution in [0.5, 0.6) is 5.75 Å². The third-order valence-corrected chi connectivity index (χ3v) is 6.22. The summed E-state index contributed by atoms with van der Waals surface area (Å²) in [6.45, 7) is 0. The largest absolute Gasteiger partial charge is 0.379 e. The van der Waals surface area contributed by atoms with Crippen LogP contribution in [-0.2, 0) is 14.9 Å². The predicted molar refractivity (Wildman–Crippen MR) is 118 cm³/mol. The molecule has 1 amide bonds. The van der Waals surface area contributed by atoms with E-state index in [2.05, 4.69) is 10.3 Å². The van der Waals surface area contributed by atoms with Gasteiger partial charge in [-0.05, 0) is 59.8 Å². The van der Waals surface area contributed by atoms with Gasteiger partial charge in [0.2, 0.25) is 0 Å². The number of hydrogen-bond acceptors (Lipinski definition) is 6. The van der Waals surface area contributed by atoms with Crippen LogP contribution in [-0.4, -0.2) is 19.5 Å². The Bertz CT molecular complexity index is 1220. The number of benzene rings is 3. The molecule has 1 aliphatic rings. The molecule has 0 aliphatic carbocycles. The summed E-state index contributed by atoms with van der Waals surface area (Å²) in [5, 5.41) is 3.24. The Hall–Kier alpha value is -3.36. The van der Waals surface area contributed by atoms with Crippen LogP contribution in [0.25, 0.3) is 6.08 Å². The summed E-state index contributed by atoms with van der Waals surface area (Å²) in [7, 11) is -3.89. The Morgan fingerprint density at radius 3 is 2.17 bits per heavy atom. The Labute approximate surface area is 178 Å². The molecule has 30 heavy (non-hydrogen) atoms. The number of amides is 1. The van der Waals surface area contributed by atoms with Crippen molar-refractivity contribution in [2.45, 2.75) is 4.90 Å². The fraction of sp³-hybridized carbons (Fsp3) is 0. The molecule has 0 aromatic heterocycles. The number of hydrogen-bond donors (Lipinski definition) is 1. The van der Waals surface area contributed by atoms with Gasteiger partial charge in [-0.3, -0.25) is 4.79 Å². The smallest absolute Gasteiger partial charge is 0.339 e. The minimum Gasteiger partial charge on any atom is -0.379 e. The van der Waals surface area contributed by atoms with E-state index in [9.17, 15) is 13.2 Å². The van der Waals surface area contributed by atoms with Crippen LogP contribution >= 0.6 is 11.8 Å². The second kappa shape index (κ2) is 8.56. The van der Waals surface area contributed by atoms with E-state index in [1.54, 1.807) is 48.5 Å². The second-order valence-electron chi connectivity index (χ2n) is 6.24. The molecule has 1 aliphatic heterocycles. The molecule has 1 fully saturated rings. The zero-order valence-corrected chi connectivity index (χ0v) is 17.2. The van der Waals surface area contributed by atoms with Crippen molar-refractivity contribution in [3.8, 4) is 5.75 Å². The maximum absolute atomic E-state index is 12.3. The van der Waals surface area contributed by atoms with Crippen LogP contribution < -0.4 is 9.50 Å². The first-order valence-electron chi connectivity index (χ1n) is 8.94. The molecule has 1 saturated heterocycles. The molecule has 0 unspecified atom stereocenters. The number of nitrogens with zero attached hydrogens (tertiary/aromatic N) is 1. The van der Waals surface area contributed by atoms with E-state index in [4.69, 9.17) is 4.18 Å². The normalized spacial score (nSPS) is 16.6. The van der Waals surface area contributed by atoms with Gasteiger partial charge in [0.1, 0.15) is 10.6 Å². The number of aliphatic imine (C=N–C) groups is 1. The van der Waals surface area contributed by atoms with Gasteiger partial charge >= 0.3 is 10.1 Å². The molecular weight excluding hydrogens is 420 g/mol. The van der Waals surface area contributed by atoms with Crippen LogP contribution in [0.4, 0.5) is 5.69 Å². The summed E-state index contributed by atoms with van der Waals surface area (Å²) in [4.78, 5) is 17.2. The van der Waals surface area contributed by atoms with Crippen molar-refractivity contribution < 1.29 is 17.4 Å². The first-order valence-corrected chi connectivity index (χ1v) is 11.2. The molecular formula is C22H16N2O4S2. The molecule has 0 bridgehead atoms. The molecule has 0 atom stereocenters. The van der Waals surface area contributed by atoms with Crippen LogP contribution in [0, 0.1) is 0 Å². The van der Waals surface area contributed by atoms with Crippen molar-refractivity contribution in [2.24, 2.45) is 4.99 Å². The SMILES string of the molecule is O=C1NC(=Nc2ccccc2)S/C1=C\c1ccc(OS(=O)(=O)c2ccccc2)cc1. The fourth-order valence-electron chi connectivity index (χ4n) is 2.63. The van der Waals surface area contributed by atoms with Gasteiger partial charge in [0.05, 0.1) is 10.6 Å². The third kappa shape index (κ3) is 4.79. The highest BCUT2D eigenvalue weighted by atomic mass is 32.2. The van der Waals surface area contributed by atoms with Gasteiger partial charge in [-0.1, -0.05) is 48.5 Å². The summed E-state index contributed by atoms with van der Waals surface area (Å²) in [5.41, 5.74) is 1.49. The van der Waals surface area contributed by atoms with E-state index in [1.807, 2.05) is 30.3 Å². The van der Waals surface area contributed by atoms with Crippen LogP contribution in [0.2, 0.25) is 0 Å². The van der Waals surface area contributed by atoms with Crippen molar-refractivity contribution >= 4 is 44.7 Å². The van der Waals surface area contributed by atoms with E-state index in [0.717, 1.165) is 11.3 Å². The van der Waals surface area contributed by atoms with Gasteiger partial charge in [0.25, 0.3) is 5.91 Å². The number of rotatable bonds is 5.